The van der Waals surface area contributed by atoms with Crippen molar-refractivity contribution in [1.29, 1.82) is 5.26 Å². The van der Waals surface area contributed by atoms with Crippen LogP contribution in [0.2, 0.25) is 0 Å². The fourth-order valence-electron chi connectivity index (χ4n) is 3.17. The lowest BCUT2D eigenvalue weighted by Crippen LogP contribution is -2.26. The molecule has 0 amide bonds. The van der Waals surface area contributed by atoms with E-state index in [2.05, 4.69) is 4.99 Å². The number of rotatable bonds is 7. The number of carbonyl (C=O) groups excluding carboxylic acids is 1. The van der Waals surface area contributed by atoms with Crippen LogP contribution in [0.5, 0.6) is 5.88 Å². The second kappa shape index (κ2) is 9.65. The van der Waals surface area contributed by atoms with Crippen molar-refractivity contribution in [2.75, 3.05) is 13.7 Å². The number of aromatic nitrogens is 1. The molecule has 0 aliphatic rings. The average Bonchev–Trinajstić information content (AvgIpc) is 2.79. The van der Waals surface area contributed by atoms with Gasteiger partial charge in [0.1, 0.15) is 11.6 Å². The Morgan fingerprint density at radius 2 is 1.87 bits per heavy atom. The highest BCUT2D eigenvalue weighted by Crippen LogP contribution is 2.24. The van der Waals surface area contributed by atoms with Crippen LogP contribution in [0.4, 0.5) is 5.69 Å². The maximum absolute atomic E-state index is 12.9. The number of ketones is 1. The van der Waals surface area contributed by atoms with Crippen LogP contribution in [0.15, 0.2) is 64.4 Å². The molecular formula is C24H21N3O4. The number of para-hydroxylation sites is 1. The van der Waals surface area contributed by atoms with E-state index in [4.69, 9.17) is 4.74 Å². The molecular weight excluding hydrogens is 394 g/mol. The molecule has 7 nitrogen and oxygen atoms in total. The number of ether oxygens (including phenoxy) is 1. The Bertz CT molecular complexity index is 1240. The largest absolute Gasteiger partial charge is 0.494 e. The molecule has 1 N–H and O–H groups in total. The van der Waals surface area contributed by atoms with Gasteiger partial charge in [0.05, 0.1) is 24.4 Å². The zero-order chi connectivity index (χ0) is 22.4. The van der Waals surface area contributed by atoms with E-state index in [1.54, 1.807) is 55.5 Å². The Morgan fingerprint density at radius 1 is 1.19 bits per heavy atom. The number of nitrogens with zero attached hydrogens (tertiary/aromatic N) is 3. The normalized spacial score (nSPS) is 10.9. The van der Waals surface area contributed by atoms with Crippen LogP contribution in [0.1, 0.15) is 32.6 Å². The van der Waals surface area contributed by atoms with Crippen molar-refractivity contribution in [2.24, 2.45) is 4.99 Å². The van der Waals surface area contributed by atoms with E-state index in [-0.39, 0.29) is 35.9 Å². The molecule has 31 heavy (non-hydrogen) atoms. The number of nitriles is 1. The molecule has 0 saturated heterocycles. The van der Waals surface area contributed by atoms with Crippen LogP contribution < -0.4 is 5.56 Å². The van der Waals surface area contributed by atoms with E-state index in [9.17, 15) is 20.0 Å². The predicted octanol–water partition coefficient (Wildman–Crippen LogP) is 3.36. The standard InChI is InChI=1S/C24H21N3O4/c1-16-19(14-25)23(29)27(12-13-31-2)24(30)20(16)15-26-21-11-7-6-10-18(21)22(28)17-8-4-3-5-9-17/h3-11,15,30H,12-13H2,1-2H3. The number of pyridine rings is 1. The van der Waals surface area contributed by atoms with Gasteiger partial charge in [0.15, 0.2) is 5.78 Å². The molecule has 0 aliphatic heterocycles. The summed E-state index contributed by atoms with van der Waals surface area (Å²) in [6, 6.07) is 17.6. The summed E-state index contributed by atoms with van der Waals surface area (Å²) in [5.74, 6) is -0.494. The molecule has 156 valence electrons. The minimum atomic E-state index is -0.591. The molecule has 0 atom stereocenters. The molecule has 1 heterocycles. The van der Waals surface area contributed by atoms with Gasteiger partial charge in [-0.05, 0) is 24.6 Å². The third-order valence-corrected chi connectivity index (χ3v) is 4.88. The van der Waals surface area contributed by atoms with Crippen LogP contribution in [0, 0.1) is 18.3 Å². The molecule has 0 unspecified atom stereocenters. The fourth-order valence-corrected chi connectivity index (χ4v) is 3.17. The second-order valence-electron chi connectivity index (χ2n) is 6.77. The van der Waals surface area contributed by atoms with Crippen LogP contribution in [0.25, 0.3) is 0 Å². The lowest BCUT2D eigenvalue weighted by molar-refractivity contribution is 0.103. The summed E-state index contributed by atoms with van der Waals surface area (Å²) < 4.78 is 6.07. The minimum absolute atomic E-state index is 0.0796. The van der Waals surface area contributed by atoms with Gasteiger partial charge in [-0.1, -0.05) is 42.5 Å². The predicted molar refractivity (Wildman–Crippen MR) is 117 cm³/mol. The minimum Gasteiger partial charge on any atom is -0.494 e. The summed E-state index contributed by atoms with van der Waals surface area (Å²) in [7, 11) is 1.48. The van der Waals surface area contributed by atoms with Crippen molar-refractivity contribution < 1.29 is 14.6 Å². The topological polar surface area (TPSA) is 105 Å². The van der Waals surface area contributed by atoms with Crippen molar-refractivity contribution in [3.05, 3.63) is 92.8 Å². The Hall–Kier alpha value is -4.02. The average molecular weight is 415 g/mol. The number of hydrogen-bond donors (Lipinski definition) is 1. The van der Waals surface area contributed by atoms with Gasteiger partial charge in [-0.15, -0.1) is 0 Å². The van der Waals surface area contributed by atoms with Crippen molar-refractivity contribution in [3.8, 4) is 11.9 Å². The first-order chi connectivity index (χ1) is 15.0. The first kappa shape index (κ1) is 21.7. The van der Waals surface area contributed by atoms with Gasteiger partial charge in [0, 0.05) is 24.5 Å². The maximum atomic E-state index is 12.9. The van der Waals surface area contributed by atoms with Crippen LogP contribution in [-0.2, 0) is 11.3 Å². The number of benzene rings is 2. The lowest BCUT2D eigenvalue weighted by atomic mass is 10.0. The van der Waals surface area contributed by atoms with Crippen molar-refractivity contribution in [1.82, 2.24) is 4.57 Å². The summed E-state index contributed by atoms with van der Waals surface area (Å²) in [6.45, 7) is 1.84. The van der Waals surface area contributed by atoms with E-state index in [0.717, 1.165) is 4.57 Å². The van der Waals surface area contributed by atoms with E-state index in [1.807, 2.05) is 12.1 Å². The molecule has 0 spiro atoms. The molecule has 0 fully saturated rings. The molecule has 0 aliphatic carbocycles. The first-order valence-electron chi connectivity index (χ1n) is 9.57. The van der Waals surface area contributed by atoms with Gasteiger partial charge in [0.2, 0.25) is 5.88 Å². The summed E-state index contributed by atoms with van der Waals surface area (Å²) in [5.41, 5.74) is 1.21. The molecule has 3 aromatic rings. The second-order valence-corrected chi connectivity index (χ2v) is 6.77. The molecule has 1 aromatic heterocycles. The lowest BCUT2D eigenvalue weighted by Gasteiger charge is -2.13. The number of carbonyl (C=O) groups is 1. The Labute approximate surface area is 179 Å². The van der Waals surface area contributed by atoms with Gasteiger partial charge < -0.3 is 9.84 Å². The van der Waals surface area contributed by atoms with Gasteiger partial charge in [-0.25, -0.2) is 0 Å². The number of hydrogen-bond acceptors (Lipinski definition) is 6. The first-order valence-corrected chi connectivity index (χ1v) is 9.57. The molecule has 3 rings (SSSR count). The van der Waals surface area contributed by atoms with E-state index < -0.39 is 5.56 Å². The Kier molecular flexibility index (Phi) is 6.75. The third-order valence-electron chi connectivity index (χ3n) is 4.88. The smallest absolute Gasteiger partial charge is 0.271 e. The monoisotopic (exact) mass is 415 g/mol. The Morgan fingerprint density at radius 3 is 2.55 bits per heavy atom. The van der Waals surface area contributed by atoms with Crippen LogP contribution in [0.3, 0.4) is 0 Å². The van der Waals surface area contributed by atoms with E-state index >= 15 is 0 Å². The van der Waals surface area contributed by atoms with E-state index in [0.29, 0.717) is 22.4 Å². The number of methoxy groups -OCH3 is 1. The molecule has 0 bridgehead atoms. The highest BCUT2D eigenvalue weighted by Gasteiger charge is 2.18. The summed E-state index contributed by atoms with van der Waals surface area (Å²) in [4.78, 5) is 29.8. The number of aromatic hydroxyl groups is 1. The number of aliphatic imine (C=N–C) groups is 1. The fraction of sp³-hybridized carbons (Fsp3) is 0.167. The third kappa shape index (κ3) is 4.44. The zero-order valence-electron chi connectivity index (χ0n) is 17.2. The maximum Gasteiger partial charge on any atom is 0.271 e. The van der Waals surface area contributed by atoms with Crippen molar-refractivity contribution in [2.45, 2.75) is 13.5 Å². The van der Waals surface area contributed by atoms with Gasteiger partial charge in [-0.2, -0.15) is 5.26 Å². The molecule has 7 heteroatoms. The highest BCUT2D eigenvalue weighted by atomic mass is 16.5. The van der Waals surface area contributed by atoms with Crippen LogP contribution >= 0.6 is 0 Å². The molecule has 0 saturated carbocycles. The zero-order valence-corrected chi connectivity index (χ0v) is 17.2. The SMILES string of the molecule is COCCn1c(O)c(C=Nc2ccccc2C(=O)c2ccccc2)c(C)c(C#N)c1=O. The van der Waals surface area contributed by atoms with Gasteiger partial charge >= 0.3 is 0 Å². The summed E-state index contributed by atoms with van der Waals surface area (Å²) >= 11 is 0. The van der Waals surface area contributed by atoms with Crippen molar-refractivity contribution >= 4 is 17.7 Å². The molecule has 2 aromatic carbocycles. The van der Waals surface area contributed by atoms with Crippen LogP contribution in [-0.4, -0.2) is 35.4 Å². The summed E-state index contributed by atoms with van der Waals surface area (Å²) in [6.07, 6.45) is 1.37. The summed E-state index contributed by atoms with van der Waals surface area (Å²) in [5, 5.41) is 20.1. The quantitative estimate of drug-likeness (QED) is 0.471. The van der Waals surface area contributed by atoms with Gasteiger partial charge in [-0.3, -0.25) is 19.1 Å². The Balaban J connectivity index is 2.08. The molecule has 0 radical (unpaired) electrons. The van der Waals surface area contributed by atoms with Crippen molar-refractivity contribution in [3.63, 3.8) is 0 Å². The highest BCUT2D eigenvalue weighted by molar-refractivity contribution is 6.12. The van der Waals surface area contributed by atoms with E-state index in [1.165, 1.54) is 13.3 Å². The van der Waals surface area contributed by atoms with Gasteiger partial charge in [0.25, 0.3) is 5.56 Å².